The molecular formula is C17H31N3. The maximum Gasteiger partial charge on any atom is 0.0270 e. The molecule has 1 heterocycles. The molecule has 20 heavy (non-hydrogen) atoms. The number of nitrogens with zero attached hydrogens (tertiary/aromatic N) is 2. The lowest BCUT2D eigenvalue weighted by Crippen LogP contribution is -2.45. The minimum Gasteiger partial charge on any atom is -0.311 e. The molecule has 0 fully saturated rings. The number of pyridine rings is 1. The van der Waals surface area contributed by atoms with Gasteiger partial charge >= 0.3 is 0 Å². The van der Waals surface area contributed by atoms with Crippen LogP contribution >= 0.6 is 0 Å². The monoisotopic (exact) mass is 277 g/mol. The van der Waals surface area contributed by atoms with Crippen LogP contribution in [0.15, 0.2) is 24.5 Å². The number of hydrogen-bond acceptors (Lipinski definition) is 3. The molecular weight excluding hydrogens is 246 g/mol. The second-order valence-electron chi connectivity index (χ2n) is 7.61. The fourth-order valence-corrected chi connectivity index (χ4v) is 2.24. The van der Waals surface area contributed by atoms with Gasteiger partial charge in [-0.2, -0.15) is 0 Å². The number of aromatic nitrogens is 1. The molecule has 0 bridgehead atoms. The summed E-state index contributed by atoms with van der Waals surface area (Å²) >= 11 is 0. The van der Waals surface area contributed by atoms with Crippen molar-refractivity contribution in [1.29, 1.82) is 0 Å². The highest BCUT2D eigenvalue weighted by Crippen LogP contribution is 2.17. The molecule has 0 aliphatic rings. The Morgan fingerprint density at radius 3 is 2.25 bits per heavy atom. The van der Waals surface area contributed by atoms with Crippen LogP contribution in [0.3, 0.4) is 0 Å². The summed E-state index contributed by atoms with van der Waals surface area (Å²) < 4.78 is 0. The predicted molar refractivity (Wildman–Crippen MR) is 87.0 cm³/mol. The standard InChI is InChI=1S/C17H31N3/c1-16(2,3)19-13-17(4,5)14-20(6)12-9-15-7-10-18-11-8-15/h7-8,10-11,19H,9,12-14H2,1-6H3. The third-order valence-electron chi connectivity index (χ3n) is 3.33. The highest BCUT2D eigenvalue weighted by atomic mass is 15.1. The summed E-state index contributed by atoms with van der Waals surface area (Å²) in [6.45, 7) is 14.5. The van der Waals surface area contributed by atoms with Gasteiger partial charge in [0.1, 0.15) is 0 Å². The highest BCUT2D eigenvalue weighted by molar-refractivity contribution is 5.09. The average Bonchev–Trinajstić information content (AvgIpc) is 2.34. The van der Waals surface area contributed by atoms with Gasteiger partial charge in [-0.15, -0.1) is 0 Å². The van der Waals surface area contributed by atoms with Gasteiger partial charge in [-0.3, -0.25) is 4.98 Å². The van der Waals surface area contributed by atoms with Crippen molar-refractivity contribution < 1.29 is 0 Å². The Kier molecular flexibility index (Phi) is 6.15. The van der Waals surface area contributed by atoms with E-state index in [-0.39, 0.29) is 11.0 Å². The lowest BCUT2D eigenvalue weighted by molar-refractivity contribution is 0.192. The van der Waals surface area contributed by atoms with Crippen LogP contribution in [-0.2, 0) is 6.42 Å². The van der Waals surface area contributed by atoms with E-state index in [2.05, 4.69) is 69.0 Å². The van der Waals surface area contributed by atoms with Crippen molar-refractivity contribution in [2.24, 2.45) is 5.41 Å². The Bertz CT molecular complexity index is 379. The van der Waals surface area contributed by atoms with Crippen molar-refractivity contribution in [1.82, 2.24) is 15.2 Å². The third kappa shape index (κ3) is 7.61. The normalized spacial score (nSPS) is 12.9. The van der Waals surface area contributed by atoms with Gasteiger partial charge in [-0.05, 0) is 57.4 Å². The topological polar surface area (TPSA) is 28.2 Å². The maximum absolute atomic E-state index is 4.06. The minimum absolute atomic E-state index is 0.187. The molecule has 1 N–H and O–H groups in total. The number of hydrogen-bond donors (Lipinski definition) is 1. The minimum atomic E-state index is 0.187. The zero-order chi connectivity index (χ0) is 15.2. The maximum atomic E-state index is 4.06. The lowest BCUT2D eigenvalue weighted by Gasteiger charge is -2.34. The third-order valence-corrected chi connectivity index (χ3v) is 3.33. The Morgan fingerprint density at radius 2 is 1.70 bits per heavy atom. The second kappa shape index (κ2) is 7.19. The van der Waals surface area contributed by atoms with Crippen molar-refractivity contribution in [2.45, 2.75) is 46.6 Å². The summed E-state index contributed by atoms with van der Waals surface area (Å²) in [5.74, 6) is 0. The quantitative estimate of drug-likeness (QED) is 0.830. The second-order valence-corrected chi connectivity index (χ2v) is 7.61. The Balaban J connectivity index is 2.35. The molecule has 0 saturated carbocycles. The van der Waals surface area contributed by atoms with Gasteiger partial charge in [0.25, 0.3) is 0 Å². The Hall–Kier alpha value is -0.930. The fourth-order valence-electron chi connectivity index (χ4n) is 2.24. The number of nitrogens with one attached hydrogen (secondary N) is 1. The molecule has 0 unspecified atom stereocenters. The molecule has 114 valence electrons. The van der Waals surface area contributed by atoms with Gasteiger partial charge in [0, 0.05) is 37.6 Å². The summed E-state index contributed by atoms with van der Waals surface area (Å²) in [5, 5.41) is 3.61. The summed E-state index contributed by atoms with van der Waals surface area (Å²) in [6, 6.07) is 4.19. The van der Waals surface area contributed by atoms with E-state index in [1.54, 1.807) is 0 Å². The summed E-state index contributed by atoms with van der Waals surface area (Å²) in [7, 11) is 2.21. The van der Waals surface area contributed by atoms with Gasteiger partial charge in [-0.25, -0.2) is 0 Å². The first-order valence-corrected chi connectivity index (χ1v) is 7.50. The summed E-state index contributed by atoms with van der Waals surface area (Å²) in [6.07, 6.45) is 4.82. The zero-order valence-corrected chi connectivity index (χ0v) is 14.0. The summed E-state index contributed by atoms with van der Waals surface area (Å²) in [5.41, 5.74) is 1.82. The highest BCUT2D eigenvalue weighted by Gasteiger charge is 2.22. The van der Waals surface area contributed by atoms with E-state index >= 15 is 0 Å². The van der Waals surface area contributed by atoms with Crippen LogP contribution in [0.2, 0.25) is 0 Å². The van der Waals surface area contributed by atoms with Gasteiger partial charge in [0.05, 0.1) is 0 Å². The van der Waals surface area contributed by atoms with Crippen LogP contribution in [0, 0.1) is 5.41 Å². The average molecular weight is 277 g/mol. The Labute approximate surface area is 124 Å². The van der Waals surface area contributed by atoms with Gasteiger partial charge in [-0.1, -0.05) is 13.8 Å². The molecule has 1 rings (SSSR count). The molecule has 0 aromatic carbocycles. The van der Waals surface area contributed by atoms with Crippen LogP contribution in [-0.4, -0.2) is 42.1 Å². The molecule has 0 saturated heterocycles. The van der Waals surface area contributed by atoms with Gasteiger partial charge < -0.3 is 10.2 Å². The molecule has 1 aromatic heterocycles. The molecule has 1 aromatic rings. The number of rotatable bonds is 7. The molecule has 0 aliphatic heterocycles. The van der Waals surface area contributed by atoms with E-state index in [4.69, 9.17) is 0 Å². The zero-order valence-electron chi connectivity index (χ0n) is 14.0. The number of likely N-dealkylation sites (N-methyl/N-ethyl adjacent to an activating group) is 1. The van der Waals surface area contributed by atoms with E-state index in [0.29, 0.717) is 0 Å². The van der Waals surface area contributed by atoms with Crippen LogP contribution in [0.1, 0.15) is 40.2 Å². The molecule has 0 amide bonds. The fraction of sp³-hybridized carbons (Fsp3) is 0.706. The van der Waals surface area contributed by atoms with E-state index in [0.717, 1.165) is 26.1 Å². The molecule has 0 aliphatic carbocycles. The van der Waals surface area contributed by atoms with Crippen molar-refractivity contribution in [3.05, 3.63) is 30.1 Å². The molecule has 0 radical (unpaired) electrons. The molecule has 3 heteroatoms. The Morgan fingerprint density at radius 1 is 1.10 bits per heavy atom. The first-order chi connectivity index (χ1) is 9.18. The molecule has 3 nitrogen and oxygen atoms in total. The van der Waals surface area contributed by atoms with Crippen molar-refractivity contribution in [3.8, 4) is 0 Å². The SMILES string of the molecule is CN(CCc1ccncc1)CC(C)(C)CNC(C)(C)C. The molecule has 0 atom stereocenters. The van der Waals surface area contributed by atoms with Crippen LogP contribution in [0.5, 0.6) is 0 Å². The van der Waals surface area contributed by atoms with E-state index in [9.17, 15) is 0 Å². The predicted octanol–water partition coefficient (Wildman–Crippen LogP) is 2.97. The van der Waals surface area contributed by atoms with Crippen molar-refractivity contribution in [3.63, 3.8) is 0 Å². The van der Waals surface area contributed by atoms with Crippen LogP contribution in [0.4, 0.5) is 0 Å². The summed E-state index contributed by atoms with van der Waals surface area (Å²) in [4.78, 5) is 6.48. The van der Waals surface area contributed by atoms with E-state index in [1.165, 1.54) is 5.56 Å². The first kappa shape index (κ1) is 17.1. The van der Waals surface area contributed by atoms with E-state index < -0.39 is 0 Å². The van der Waals surface area contributed by atoms with Crippen LogP contribution < -0.4 is 5.32 Å². The van der Waals surface area contributed by atoms with E-state index in [1.807, 2.05) is 12.4 Å². The largest absolute Gasteiger partial charge is 0.311 e. The molecule has 0 spiro atoms. The van der Waals surface area contributed by atoms with Gasteiger partial charge in [0.15, 0.2) is 0 Å². The van der Waals surface area contributed by atoms with Crippen molar-refractivity contribution in [2.75, 3.05) is 26.7 Å². The smallest absolute Gasteiger partial charge is 0.0270 e. The first-order valence-electron chi connectivity index (χ1n) is 7.50. The van der Waals surface area contributed by atoms with Crippen molar-refractivity contribution >= 4 is 0 Å². The van der Waals surface area contributed by atoms with Gasteiger partial charge in [0.2, 0.25) is 0 Å². The van der Waals surface area contributed by atoms with Crippen LogP contribution in [0.25, 0.3) is 0 Å². The lowest BCUT2D eigenvalue weighted by atomic mass is 9.91.